The van der Waals surface area contributed by atoms with Crippen LogP contribution in [-0.4, -0.2) is 106 Å². The Balaban J connectivity index is 1.27. The predicted molar refractivity (Wildman–Crippen MR) is 209 cm³/mol. The lowest BCUT2D eigenvalue weighted by atomic mass is 9.85. The van der Waals surface area contributed by atoms with Gasteiger partial charge in [0.15, 0.2) is 0 Å². The standard InChI is InChI=1S/C41H54FN5O9S/c1-24-11-6-7-12-26-21-41(26,37(50)45-57(53,54)40(23-42)16-17-40)44-33(48)31-20-27(22-46(31)36(49)32(25(2)19-24)47(38(51)52)39(3,4)5)56-35-30-14-9-8-13-28(30)29-15-10-18-55-34(29)43-35/h7-9,12-14,24-27,31-32H,6,10-11,15-23H2,1-5H3,(H,44,48)(H,45,50)(H,51,52)/b12-7-/t24-,25-,26-,27-,31+,32+,41-/m1/s1. The fourth-order valence-corrected chi connectivity index (χ4v) is 10.4. The minimum Gasteiger partial charge on any atom is -0.477 e. The zero-order valence-corrected chi connectivity index (χ0v) is 34.1. The molecule has 5 aliphatic rings. The van der Waals surface area contributed by atoms with Crippen LogP contribution < -0.4 is 19.5 Å². The highest BCUT2D eigenvalue weighted by atomic mass is 32.2. The molecule has 2 saturated carbocycles. The molecular weight excluding hydrogens is 758 g/mol. The molecule has 1 saturated heterocycles. The molecule has 57 heavy (non-hydrogen) atoms. The van der Waals surface area contributed by atoms with Gasteiger partial charge in [0.1, 0.15) is 35.1 Å². The van der Waals surface area contributed by atoms with Gasteiger partial charge in [-0.15, -0.1) is 0 Å². The first-order valence-electron chi connectivity index (χ1n) is 20.1. The molecule has 4 amide bonds. The summed E-state index contributed by atoms with van der Waals surface area (Å²) in [6.07, 6.45) is 5.29. The summed E-state index contributed by atoms with van der Waals surface area (Å²) in [4.78, 5) is 64.0. The van der Waals surface area contributed by atoms with Crippen LogP contribution in [0, 0.1) is 17.8 Å². The summed E-state index contributed by atoms with van der Waals surface area (Å²) >= 11 is 0. The number of halogens is 1. The third-order valence-corrected chi connectivity index (χ3v) is 14.6. The third kappa shape index (κ3) is 7.65. The number of carboxylic acid groups (broad SMARTS) is 1. The predicted octanol–water partition coefficient (Wildman–Crippen LogP) is 4.89. The van der Waals surface area contributed by atoms with Crippen LogP contribution in [0.5, 0.6) is 11.8 Å². The van der Waals surface area contributed by atoms with Crippen molar-refractivity contribution in [1.29, 1.82) is 0 Å². The molecule has 0 bridgehead atoms. The Morgan fingerprint density at radius 3 is 2.54 bits per heavy atom. The molecule has 7 rings (SSSR count). The van der Waals surface area contributed by atoms with Gasteiger partial charge in [-0.2, -0.15) is 4.98 Å². The molecule has 2 aromatic rings. The van der Waals surface area contributed by atoms with Crippen molar-refractivity contribution in [3.63, 3.8) is 0 Å². The van der Waals surface area contributed by atoms with Gasteiger partial charge in [-0.3, -0.25) is 24.0 Å². The molecule has 3 fully saturated rings. The number of fused-ring (bicyclic) bond motifs is 5. The first kappa shape index (κ1) is 40.7. The lowest BCUT2D eigenvalue weighted by molar-refractivity contribution is -0.146. The Morgan fingerprint density at radius 1 is 1.16 bits per heavy atom. The molecule has 14 nitrogen and oxygen atoms in total. The van der Waals surface area contributed by atoms with Gasteiger partial charge >= 0.3 is 6.09 Å². The van der Waals surface area contributed by atoms with Crippen LogP contribution in [-0.2, 0) is 30.8 Å². The maximum Gasteiger partial charge on any atom is 0.408 e. The van der Waals surface area contributed by atoms with Crippen molar-refractivity contribution in [1.82, 2.24) is 24.8 Å². The number of pyridine rings is 1. The number of aromatic nitrogens is 1. The van der Waals surface area contributed by atoms with Crippen molar-refractivity contribution in [3.05, 3.63) is 42.0 Å². The van der Waals surface area contributed by atoms with E-state index in [1.807, 2.05) is 44.2 Å². The summed E-state index contributed by atoms with van der Waals surface area (Å²) in [7, 11) is -4.40. The van der Waals surface area contributed by atoms with Gasteiger partial charge < -0.3 is 24.8 Å². The van der Waals surface area contributed by atoms with Crippen molar-refractivity contribution >= 4 is 44.6 Å². The molecule has 310 valence electrons. The quantitative estimate of drug-likeness (QED) is 0.326. The number of alkyl halides is 1. The van der Waals surface area contributed by atoms with Gasteiger partial charge in [0.05, 0.1) is 13.2 Å². The van der Waals surface area contributed by atoms with E-state index >= 15 is 4.79 Å². The monoisotopic (exact) mass is 811 g/mol. The second-order valence-corrected chi connectivity index (χ2v) is 19.9. The van der Waals surface area contributed by atoms with Crippen LogP contribution in [0.2, 0.25) is 0 Å². The van der Waals surface area contributed by atoms with E-state index in [2.05, 4.69) is 10.0 Å². The summed E-state index contributed by atoms with van der Waals surface area (Å²) in [6.45, 7) is 8.32. The SMILES string of the molecule is C[C@@H]1CC/C=C\[C@@H]2C[C@@]2(C(=O)NS(=O)(=O)C2(CF)CC2)NC(=O)[C@@H]2C[C@@H](Oc3nc4c(c5ccccc35)CCCO4)CN2C(=O)[C@@H](N(C(=O)O)C(C)(C)C)[C@H](C)C1. The van der Waals surface area contributed by atoms with Gasteiger partial charge in [-0.05, 0) is 95.4 Å². The van der Waals surface area contributed by atoms with Gasteiger partial charge in [0.25, 0.3) is 5.91 Å². The Hall–Kier alpha value is -4.47. The number of carbonyl (C=O) groups excluding carboxylic acids is 3. The molecule has 1 aromatic carbocycles. The number of nitrogens with one attached hydrogen (secondary N) is 2. The number of rotatable bonds is 7. The van der Waals surface area contributed by atoms with Crippen molar-refractivity contribution in [2.45, 2.75) is 126 Å². The van der Waals surface area contributed by atoms with Crippen LogP contribution in [0.1, 0.15) is 91.5 Å². The van der Waals surface area contributed by atoms with E-state index in [-0.39, 0.29) is 44.0 Å². The normalized spacial score (nSPS) is 30.6. The summed E-state index contributed by atoms with van der Waals surface area (Å²) < 4.78 is 53.3. The first-order chi connectivity index (χ1) is 26.9. The van der Waals surface area contributed by atoms with E-state index in [1.54, 1.807) is 26.8 Å². The van der Waals surface area contributed by atoms with E-state index in [1.165, 1.54) is 9.80 Å². The molecule has 3 aliphatic heterocycles. The topological polar surface area (TPSA) is 185 Å². The summed E-state index contributed by atoms with van der Waals surface area (Å²) in [6, 6.07) is 5.23. The van der Waals surface area contributed by atoms with Crippen molar-refractivity contribution in [2.75, 3.05) is 19.8 Å². The van der Waals surface area contributed by atoms with Crippen LogP contribution in [0.3, 0.4) is 0 Å². The van der Waals surface area contributed by atoms with Crippen LogP contribution in [0.4, 0.5) is 9.18 Å². The second kappa shape index (κ2) is 15.0. The van der Waals surface area contributed by atoms with Gasteiger partial charge in [0.2, 0.25) is 33.6 Å². The van der Waals surface area contributed by atoms with Gasteiger partial charge in [-0.1, -0.05) is 44.2 Å². The second-order valence-electron chi connectivity index (χ2n) is 17.8. The Labute approximate surface area is 333 Å². The molecule has 7 atom stereocenters. The van der Waals surface area contributed by atoms with Crippen molar-refractivity contribution < 1.29 is 46.6 Å². The third-order valence-electron chi connectivity index (χ3n) is 12.5. The van der Waals surface area contributed by atoms with E-state index in [9.17, 15) is 32.3 Å². The van der Waals surface area contributed by atoms with E-state index < -0.39 is 86.4 Å². The van der Waals surface area contributed by atoms with Crippen molar-refractivity contribution in [3.8, 4) is 11.8 Å². The first-order valence-corrected chi connectivity index (χ1v) is 21.5. The minimum absolute atomic E-state index is 0.0346. The maximum atomic E-state index is 15.1. The average Bonchev–Trinajstić information content (AvgIpc) is 4.06. The van der Waals surface area contributed by atoms with E-state index in [4.69, 9.17) is 14.5 Å². The maximum absolute atomic E-state index is 15.1. The number of hydrogen-bond acceptors (Lipinski definition) is 9. The van der Waals surface area contributed by atoms with Crippen molar-refractivity contribution in [2.24, 2.45) is 17.8 Å². The van der Waals surface area contributed by atoms with Gasteiger partial charge in [0, 0.05) is 28.8 Å². The number of hydrogen-bond donors (Lipinski definition) is 3. The highest BCUT2D eigenvalue weighted by molar-refractivity contribution is 7.91. The van der Waals surface area contributed by atoms with Crippen LogP contribution >= 0.6 is 0 Å². The molecular formula is C41H54FN5O9S. The number of benzene rings is 1. The molecule has 0 radical (unpaired) electrons. The Bertz CT molecular complexity index is 2090. The molecule has 4 heterocycles. The molecule has 2 aliphatic carbocycles. The highest BCUT2D eigenvalue weighted by Crippen LogP contribution is 2.48. The van der Waals surface area contributed by atoms with E-state index in [0.717, 1.165) is 29.2 Å². The lowest BCUT2D eigenvalue weighted by Crippen LogP contribution is -2.62. The fourth-order valence-electron chi connectivity index (χ4n) is 9.01. The summed E-state index contributed by atoms with van der Waals surface area (Å²) in [5.74, 6) is -2.48. The number of allylic oxidation sites excluding steroid dienone is 1. The number of amides is 4. The number of ether oxygens (including phenoxy) is 2. The van der Waals surface area contributed by atoms with Crippen LogP contribution in [0.25, 0.3) is 10.8 Å². The molecule has 0 spiro atoms. The fraction of sp³-hybridized carbons (Fsp3) is 0.634. The molecule has 16 heteroatoms. The molecule has 3 N–H and O–H groups in total. The summed E-state index contributed by atoms with van der Waals surface area (Å²) in [5, 5.41) is 15.1. The number of aryl methyl sites for hydroxylation is 1. The number of nitrogens with zero attached hydrogens (tertiary/aromatic N) is 3. The van der Waals surface area contributed by atoms with Crippen LogP contribution in [0.15, 0.2) is 36.4 Å². The highest BCUT2D eigenvalue weighted by Gasteiger charge is 2.64. The van der Waals surface area contributed by atoms with Gasteiger partial charge in [-0.25, -0.2) is 17.6 Å². The number of carbonyl (C=O) groups is 4. The molecule has 0 unspecified atom stereocenters. The zero-order valence-electron chi connectivity index (χ0n) is 33.3. The zero-order chi connectivity index (χ0) is 41.1. The number of sulfonamides is 1. The Kier molecular flexibility index (Phi) is 10.7. The minimum atomic E-state index is -4.40. The van der Waals surface area contributed by atoms with E-state index in [0.29, 0.717) is 31.7 Å². The molecule has 1 aromatic heterocycles. The summed E-state index contributed by atoms with van der Waals surface area (Å²) in [5.41, 5.74) is -1.70. The Morgan fingerprint density at radius 2 is 1.88 bits per heavy atom. The average molecular weight is 812 g/mol. The lowest BCUT2D eigenvalue weighted by Gasteiger charge is -2.43. The smallest absolute Gasteiger partial charge is 0.408 e. The largest absolute Gasteiger partial charge is 0.477 e.